The van der Waals surface area contributed by atoms with Crippen LogP contribution < -0.4 is 4.31 Å². The second-order valence-electron chi connectivity index (χ2n) is 5.45. The Balaban J connectivity index is 2.50. The zero-order chi connectivity index (χ0) is 15.8. The Kier molecular flexibility index (Phi) is 4.04. The predicted octanol–water partition coefficient (Wildman–Crippen LogP) is 2.75. The first-order valence-electron chi connectivity index (χ1n) is 6.70. The molecule has 0 saturated carbocycles. The van der Waals surface area contributed by atoms with E-state index in [2.05, 4.69) is 0 Å². The first kappa shape index (κ1) is 15.5. The summed E-state index contributed by atoms with van der Waals surface area (Å²) in [5.74, 6) is 0. The third kappa shape index (κ3) is 2.53. The highest BCUT2D eigenvalue weighted by Gasteiger charge is 2.47. The third-order valence-corrected chi connectivity index (χ3v) is 5.28. The van der Waals surface area contributed by atoms with Crippen molar-refractivity contribution in [1.29, 1.82) is 0 Å². The number of imide groups is 1. The van der Waals surface area contributed by atoms with E-state index in [1.807, 2.05) is 26.8 Å². The van der Waals surface area contributed by atoms with Crippen LogP contribution in [0.5, 0.6) is 0 Å². The first-order chi connectivity index (χ1) is 9.81. The molecule has 0 N–H and O–H groups in total. The van der Waals surface area contributed by atoms with Gasteiger partial charge in [-0.25, -0.2) is 23.0 Å². The first-order valence-corrected chi connectivity index (χ1v) is 7.76. The highest BCUT2D eigenvalue weighted by Crippen LogP contribution is 2.30. The van der Waals surface area contributed by atoms with Crippen molar-refractivity contribution >= 4 is 28.9 Å². The number of hydrogen-bond donors (Lipinski definition) is 0. The van der Waals surface area contributed by atoms with Crippen LogP contribution in [-0.2, 0) is 11.2 Å². The van der Waals surface area contributed by atoms with E-state index in [1.54, 1.807) is 24.3 Å². The average molecular weight is 309 g/mol. The third-order valence-electron chi connectivity index (χ3n) is 3.64. The Morgan fingerprint density at radius 2 is 1.67 bits per heavy atom. The quantitative estimate of drug-likeness (QED) is 0.862. The van der Waals surface area contributed by atoms with Crippen LogP contribution in [0.3, 0.4) is 0 Å². The van der Waals surface area contributed by atoms with E-state index in [1.165, 1.54) is 11.4 Å². The van der Waals surface area contributed by atoms with Crippen LogP contribution >= 0.6 is 0 Å². The van der Waals surface area contributed by atoms with Crippen molar-refractivity contribution in [3.05, 3.63) is 30.3 Å². The van der Waals surface area contributed by atoms with Crippen LogP contribution in [0.4, 0.5) is 15.3 Å². The Bertz CT molecular complexity index is 588. The molecule has 1 aliphatic rings. The van der Waals surface area contributed by atoms with Gasteiger partial charge in [0, 0.05) is 7.05 Å². The minimum Gasteiger partial charge on any atom is -0.247 e. The Labute approximate surface area is 127 Å². The van der Waals surface area contributed by atoms with Crippen LogP contribution in [0.1, 0.15) is 27.2 Å². The summed E-state index contributed by atoms with van der Waals surface area (Å²) >= 11 is -1.89. The average Bonchev–Trinajstić information content (AvgIpc) is 2.46. The largest absolute Gasteiger partial charge is 0.345 e. The maximum Gasteiger partial charge on any atom is 0.345 e. The molecule has 1 fully saturated rings. The molecule has 1 saturated heterocycles. The van der Waals surface area contributed by atoms with Crippen LogP contribution in [0.15, 0.2) is 30.3 Å². The summed E-state index contributed by atoms with van der Waals surface area (Å²) in [5, 5.41) is 0. The maximum atomic E-state index is 12.8. The van der Waals surface area contributed by atoms with Gasteiger partial charge in [0.1, 0.15) is 0 Å². The molecule has 1 heterocycles. The molecular formula is C14H19N3O3S. The van der Waals surface area contributed by atoms with Gasteiger partial charge < -0.3 is 0 Å². The van der Waals surface area contributed by atoms with Crippen LogP contribution in [0.25, 0.3) is 0 Å². The molecule has 1 atom stereocenters. The molecule has 0 bridgehead atoms. The van der Waals surface area contributed by atoms with Crippen molar-refractivity contribution in [2.45, 2.75) is 32.7 Å². The van der Waals surface area contributed by atoms with Gasteiger partial charge in [0.05, 0.1) is 11.2 Å². The van der Waals surface area contributed by atoms with E-state index < -0.39 is 28.8 Å². The Morgan fingerprint density at radius 1 is 1.10 bits per heavy atom. The zero-order valence-corrected chi connectivity index (χ0v) is 13.4. The number of rotatable bonds is 3. The molecule has 0 aliphatic carbocycles. The van der Waals surface area contributed by atoms with Gasteiger partial charge in [0.2, 0.25) is 11.2 Å². The van der Waals surface area contributed by atoms with Crippen molar-refractivity contribution in [3.8, 4) is 0 Å². The number of carbonyl (C=O) groups excluding carboxylic acids is 2. The molecular weight excluding hydrogens is 290 g/mol. The molecule has 2 rings (SSSR count). The van der Waals surface area contributed by atoms with E-state index in [0.29, 0.717) is 12.1 Å². The Morgan fingerprint density at radius 3 is 2.19 bits per heavy atom. The van der Waals surface area contributed by atoms with Gasteiger partial charge in [-0.15, -0.1) is 0 Å². The van der Waals surface area contributed by atoms with Gasteiger partial charge in [0.25, 0.3) is 0 Å². The summed E-state index contributed by atoms with van der Waals surface area (Å²) < 4.78 is 15.2. The summed E-state index contributed by atoms with van der Waals surface area (Å²) in [7, 11) is 1.40. The van der Waals surface area contributed by atoms with Gasteiger partial charge in [0.15, 0.2) is 0 Å². The zero-order valence-electron chi connectivity index (χ0n) is 12.6. The SMILES string of the molecule is CCC(C)(C)N1C(=O)N(C)C(=O)N(c2ccccc2)S1=O. The molecule has 1 aromatic carbocycles. The number of hydrogen-bond acceptors (Lipinski definition) is 3. The lowest BCUT2D eigenvalue weighted by atomic mass is 10.0. The van der Waals surface area contributed by atoms with Crippen molar-refractivity contribution in [3.63, 3.8) is 0 Å². The molecule has 0 radical (unpaired) electrons. The number of amides is 4. The van der Waals surface area contributed by atoms with E-state index in [0.717, 1.165) is 9.21 Å². The van der Waals surface area contributed by atoms with Crippen LogP contribution in [0.2, 0.25) is 0 Å². The van der Waals surface area contributed by atoms with E-state index >= 15 is 0 Å². The number of para-hydroxylation sites is 1. The van der Waals surface area contributed by atoms with Crippen molar-refractivity contribution < 1.29 is 13.8 Å². The second kappa shape index (κ2) is 5.48. The smallest absolute Gasteiger partial charge is 0.247 e. The van der Waals surface area contributed by atoms with Gasteiger partial charge in [-0.05, 0) is 32.4 Å². The monoisotopic (exact) mass is 309 g/mol. The molecule has 1 unspecified atom stereocenters. The van der Waals surface area contributed by atoms with Crippen molar-refractivity contribution in [2.75, 3.05) is 11.4 Å². The molecule has 114 valence electrons. The normalized spacial score (nSPS) is 20.2. The minimum absolute atomic E-state index is 0.497. The molecule has 6 nitrogen and oxygen atoms in total. The number of anilines is 1. The highest BCUT2D eigenvalue weighted by molar-refractivity contribution is 7.85. The summed E-state index contributed by atoms with van der Waals surface area (Å²) in [6, 6.07) is 7.57. The highest BCUT2D eigenvalue weighted by atomic mass is 32.2. The summed E-state index contributed by atoms with van der Waals surface area (Å²) in [4.78, 5) is 25.7. The fourth-order valence-corrected chi connectivity index (χ4v) is 3.48. The van der Waals surface area contributed by atoms with Gasteiger partial charge in [-0.1, -0.05) is 25.1 Å². The maximum absolute atomic E-state index is 12.8. The summed E-state index contributed by atoms with van der Waals surface area (Å²) in [6.45, 7) is 5.57. The van der Waals surface area contributed by atoms with Gasteiger partial charge in [-0.2, -0.15) is 4.31 Å². The Hall–Kier alpha value is -1.89. The molecule has 0 aromatic heterocycles. The summed E-state index contributed by atoms with van der Waals surface area (Å²) in [5.41, 5.74) is -0.124. The lowest BCUT2D eigenvalue weighted by molar-refractivity contribution is 0.156. The van der Waals surface area contributed by atoms with E-state index in [4.69, 9.17) is 0 Å². The predicted molar refractivity (Wildman–Crippen MR) is 81.8 cm³/mol. The molecule has 21 heavy (non-hydrogen) atoms. The van der Waals surface area contributed by atoms with Crippen LogP contribution in [0, 0.1) is 0 Å². The molecule has 4 amide bonds. The van der Waals surface area contributed by atoms with Crippen molar-refractivity contribution in [2.24, 2.45) is 0 Å². The number of urea groups is 2. The molecule has 7 heteroatoms. The van der Waals surface area contributed by atoms with Gasteiger partial charge in [-0.3, -0.25) is 0 Å². The lowest BCUT2D eigenvalue weighted by Gasteiger charge is -2.44. The molecule has 1 aromatic rings. The molecule has 1 aliphatic heterocycles. The molecule has 0 spiro atoms. The standard InChI is InChI=1S/C14H19N3O3S/c1-5-14(2,3)17-13(19)15(4)12(18)16(21(17)20)11-9-7-6-8-10-11/h6-10H,5H2,1-4H3. The second-order valence-corrected chi connectivity index (χ2v) is 6.64. The topological polar surface area (TPSA) is 60.9 Å². The fourth-order valence-electron chi connectivity index (χ4n) is 1.95. The van der Waals surface area contributed by atoms with E-state index in [9.17, 15) is 13.8 Å². The summed E-state index contributed by atoms with van der Waals surface area (Å²) in [6.07, 6.45) is 0.620. The fraction of sp³-hybridized carbons (Fsp3) is 0.429. The van der Waals surface area contributed by atoms with Crippen molar-refractivity contribution in [1.82, 2.24) is 9.21 Å². The minimum atomic E-state index is -1.89. The van der Waals surface area contributed by atoms with Crippen LogP contribution in [-0.4, -0.2) is 38.1 Å². The van der Waals surface area contributed by atoms with E-state index in [-0.39, 0.29) is 0 Å². The number of nitrogens with zero attached hydrogens (tertiary/aromatic N) is 3. The number of carbonyl (C=O) groups is 2. The van der Waals surface area contributed by atoms with Gasteiger partial charge >= 0.3 is 12.1 Å². The number of benzene rings is 1. The lowest BCUT2D eigenvalue weighted by Crippen LogP contribution is -2.65.